The van der Waals surface area contributed by atoms with Gasteiger partial charge in [0.25, 0.3) is 5.91 Å². The van der Waals surface area contributed by atoms with Crippen molar-refractivity contribution in [3.8, 4) is 5.75 Å². The van der Waals surface area contributed by atoms with Gasteiger partial charge in [-0.1, -0.05) is 29.8 Å². The Balaban J connectivity index is 1.89. The van der Waals surface area contributed by atoms with Crippen molar-refractivity contribution >= 4 is 17.5 Å². The van der Waals surface area contributed by atoms with E-state index in [9.17, 15) is 4.79 Å². The number of benzene rings is 2. The monoisotopic (exact) mass is 352 g/mol. The molecule has 3 aromatic rings. The SMILES string of the molecule is COc1ccc(C(=O)N[C@@H](c2ccc(Cl)cc2)c2cccnc2)cc1. The highest BCUT2D eigenvalue weighted by Gasteiger charge is 2.18. The van der Waals surface area contributed by atoms with Crippen molar-refractivity contribution < 1.29 is 9.53 Å². The summed E-state index contributed by atoms with van der Waals surface area (Å²) in [4.78, 5) is 16.8. The largest absolute Gasteiger partial charge is 0.497 e. The summed E-state index contributed by atoms with van der Waals surface area (Å²) in [5, 5.41) is 3.71. The molecule has 0 spiro atoms. The summed E-state index contributed by atoms with van der Waals surface area (Å²) in [6.45, 7) is 0. The Bertz CT molecular complexity index is 834. The number of aromatic nitrogens is 1. The molecule has 2 aromatic carbocycles. The van der Waals surface area contributed by atoms with Crippen LogP contribution in [0.5, 0.6) is 5.75 Å². The highest BCUT2D eigenvalue weighted by molar-refractivity contribution is 6.30. The predicted octanol–water partition coefficient (Wildman–Crippen LogP) is 4.26. The molecule has 0 aliphatic rings. The fourth-order valence-corrected chi connectivity index (χ4v) is 2.64. The Morgan fingerprint density at radius 1 is 1.04 bits per heavy atom. The van der Waals surface area contributed by atoms with E-state index in [1.807, 2.05) is 24.3 Å². The second kappa shape index (κ2) is 7.81. The van der Waals surface area contributed by atoms with Crippen LogP contribution in [0.1, 0.15) is 27.5 Å². The minimum absolute atomic E-state index is 0.175. The molecule has 0 saturated heterocycles. The Morgan fingerprint density at radius 3 is 2.36 bits per heavy atom. The van der Waals surface area contributed by atoms with E-state index in [0.717, 1.165) is 11.1 Å². The van der Waals surface area contributed by atoms with Gasteiger partial charge in [-0.2, -0.15) is 0 Å². The van der Waals surface area contributed by atoms with Gasteiger partial charge in [0, 0.05) is 23.0 Å². The van der Waals surface area contributed by atoms with Crippen LogP contribution in [0.15, 0.2) is 73.1 Å². The number of carbonyl (C=O) groups excluding carboxylic acids is 1. The summed E-state index contributed by atoms with van der Waals surface area (Å²) in [5.74, 6) is 0.532. The molecule has 0 fully saturated rings. The molecule has 0 saturated carbocycles. The van der Waals surface area contributed by atoms with Gasteiger partial charge in [0.1, 0.15) is 5.75 Å². The number of pyridine rings is 1. The Morgan fingerprint density at radius 2 is 1.76 bits per heavy atom. The van der Waals surface area contributed by atoms with Crippen molar-refractivity contribution in [2.75, 3.05) is 7.11 Å². The van der Waals surface area contributed by atoms with Gasteiger partial charge in [-0.15, -0.1) is 0 Å². The van der Waals surface area contributed by atoms with Crippen LogP contribution in [0.3, 0.4) is 0 Å². The maximum atomic E-state index is 12.7. The summed E-state index contributed by atoms with van der Waals surface area (Å²) in [5.41, 5.74) is 2.38. The van der Waals surface area contributed by atoms with E-state index in [1.165, 1.54) is 0 Å². The second-order valence-electron chi connectivity index (χ2n) is 5.47. The van der Waals surface area contributed by atoms with Crippen LogP contribution in [0.2, 0.25) is 5.02 Å². The van der Waals surface area contributed by atoms with E-state index in [0.29, 0.717) is 16.3 Å². The van der Waals surface area contributed by atoms with Gasteiger partial charge in [-0.25, -0.2) is 0 Å². The number of hydrogen-bond donors (Lipinski definition) is 1. The third kappa shape index (κ3) is 4.17. The molecule has 25 heavy (non-hydrogen) atoms. The highest BCUT2D eigenvalue weighted by Crippen LogP contribution is 2.24. The van der Waals surface area contributed by atoms with Crippen molar-refractivity contribution in [1.82, 2.24) is 10.3 Å². The van der Waals surface area contributed by atoms with Gasteiger partial charge in [-0.05, 0) is 53.6 Å². The minimum atomic E-state index is -0.319. The van der Waals surface area contributed by atoms with E-state index >= 15 is 0 Å². The van der Waals surface area contributed by atoms with Crippen LogP contribution < -0.4 is 10.1 Å². The molecular weight excluding hydrogens is 336 g/mol. The first-order chi connectivity index (χ1) is 12.2. The number of hydrogen-bond acceptors (Lipinski definition) is 3. The normalized spacial score (nSPS) is 11.6. The zero-order valence-corrected chi connectivity index (χ0v) is 14.4. The first-order valence-corrected chi connectivity index (χ1v) is 8.15. The lowest BCUT2D eigenvalue weighted by Gasteiger charge is -2.20. The van der Waals surface area contributed by atoms with Gasteiger partial charge in [0.2, 0.25) is 0 Å². The summed E-state index contributed by atoms with van der Waals surface area (Å²) < 4.78 is 5.13. The number of ether oxygens (including phenoxy) is 1. The Labute approximate surface area is 151 Å². The molecule has 1 atom stereocenters. The number of carbonyl (C=O) groups is 1. The number of amides is 1. The van der Waals surface area contributed by atoms with Gasteiger partial charge in [0.15, 0.2) is 0 Å². The van der Waals surface area contributed by atoms with Crippen molar-refractivity contribution in [3.05, 3.63) is 94.8 Å². The van der Waals surface area contributed by atoms with Crippen LogP contribution in [-0.4, -0.2) is 18.0 Å². The molecular formula is C20H17ClN2O2. The van der Waals surface area contributed by atoms with Crippen LogP contribution in [0, 0.1) is 0 Å². The van der Waals surface area contributed by atoms with Crippen molar-refractivity contribution in [2.45, 2.75) is 6.04 Å². The fourth-order valence-electron chi connectivity index (χ4n) is 2.52. The maximum absolute atomic E-state index is 12.7. The van der Waals surface area contributed by atoms with Gasteiger partial charge < -0.3 is 10.1 Å². The summed E-state index contributed by atoms with van der Waals surface area (Å²) in [6, 6.07) is 17.8. The lowest BCUT2D eigenvalue weighted by molar-refractivity contribution is 0.0943. The quantitative estimate of drug-likeness (QED) is 0.746. The average Bonchev–Trinajstić information content (AvgIpc) is 2.67. The second-order valence-corrected chi connectivity index (χ2v) is 5.91. The molecule has 4 nitrogen and oxygen atoms in total. The van der Waals surface area contributed by atoms with Gasteiger partial charge in [0.05, 0.1) is 13.2 Å². The molecule has 3 rings (SSSR count). The molecule has 0 unspecified atom stereocenters. The van der Waals surface area contributed by atoms with Crippen molar-refractivity contribution in [1.29, 1.82) is 0 Å². The fraction of sp³-hybridized carbons (Fsp3) is 0.100. The lowest BCUT2D eigenvalue weighted by atomic mass is 9.99. The topological polar surface area (TPSA) is 51.2 Å². The van der Waals surface area contributed by atoms with Crippen LogP contribution in [0.25, 0.3) is 0 Å². The summed E-state index contributed by atoms with van der Waals surface area (Å²) in [6.07, 6.45) is 3.45. The highest BCUT2D eigenvalue weighted by atomic mass is 35.5. The molecule has 126 valence electrons. The average molecular weight is 353 g/mol. The number of nitrogens with one attached hydrogen (secondary N) is 1. The van der Waals surface area contributed by atoms with Crippen LogP contribution in [-0.2, 0) is 0 Å². The van der Waals surface area contributed by atoms with Crippen molar-refractivity contribution in [2.24, 2.45) is 0 Å². The number of halogens is 1. The first kappa shape index (κ1) is 17.0. The minimum Gasteiger partial charge on any atom is -0.497 e. The molecule has 1 amide bonds. The van der Waals surface area contributed by atoms with E-state index in [1.54, 1.807) is 55.9 Å². The van der Waals surface area contributed by atoms with Crippen LogP contribution in [0.4, 0.5) is 0 Å². The summed E-state index contributed by atoms with van der Waals surface area (Å²) >= 11 is 5.98. The molecule has 1 aromatic heterocycles. The van der Waals surface area contributed by atoms with E-state index < -0.39 is 0 Å². The van der Waals surface area contributed by atoms with E-state index in [-0.39, 0.29) is 11.9 Å². The molecule has 0 aliphatic heterocycles. The van der Waals surface area contributed by atoms with E-state index in [2.05, 4.69) is 10.3 Å². The number of rotatable bonds is 5. The molecule has 0 bridgehead atoms. The zero-order chi connectivity index (χ0) is 17.6. The lowest BCUT2D eigenvalue weighted by Crippen LogP contribution is -2.29. The first-order valence-electron chi connectivity index (χ1n) is 7.77. The smallest absolute Gasteiger partial charge is 0.252 e. The molecule has 1 N–H and O–H groups in total. The maximum Gasteiger partial charge on any atom is 0.252 e. The Hall–Kier alpha value is -2.85. The third-order valence-electron chi connectivity index (χ3n) is 3.85. The number of nitrogens with zero attached hydrogens (tertiary/aromatic N) is 1. The van der Waals surface area contributed by atoms with Crippen molar-refractivity contribution in [3.63, 3.8) is 0 Å². The molecule has 0 radical (unpaired) electrons. The third-order valence-corrected chi connectivity index (χ3v) is 4.10. The van der Waals surface area contributed by atoms with Gasteiger partial charge in [-0.3, -0.25) is 9.78 Å². The zero-order valence-electron chi connectivity index (χ0n) is 13.6. The van der Waals surface area contributed by atoms with E-state index in [4.69, 9.17) is 16.3 Å². The Kier molecular flexibility index (Phi) is 5.31. The molecule has 1 heterocycles. The number of methoxy groups -OCH3 is 1. The molecule has 5 heteroatoms. The van der Waals surface area contributed by atoms with Gasteiger partial charge >= 0.3 is 0 Å². The summed E-state index contributed by atoms with van der Waals surface area (Å²) in [7, 11) is 1.59. The predicted molar refractivity (Wildman–Crippen MR) is 98.0 cm³/mol. The standard InChI is InChI=1S/C20H17ClN2O2/c1-25-18-10-6-15(7-11-18)20(24)23-19(16-3-2-12-22-13-16)14-4-8-17(21)9-5-14/h2-13,19H,1H3,(H,23,24)/t19-/m0/s1. The van der Waals surface area contributed by atoms with Crippen LogP contribution >= 0.6 is 11.6 Å². The molecule has 0 aliphatic carbocycles.